The molecule has 0 aliphatic rings. The molecular formula is C17H19N6+. The molecule has 23 heavy (non-hydrogen) atoms. The number of H-pyrrole nitrogens is 1. The maximum atomic E-state index is 4.66. The van der Waals surface area contributed by atoms with Crippen LogP contribution in [0.1, 0.15) is 0 Å². The van der Waals surface area contributed by atoms with Crippen LogP contribution in [0.4, 0.5) is 11.9 Å². The zero-order valence-corrected chi connectivity index (χ0v) is 13.2. The van der Waals surface area contributed by atoms with Gasteiger partial charge in [-0.15, -0.1) is 0 Å². The van der Waals surface area contributed by atoms with E-state index in [0.29, 0.717) is 6.67 Å². The minimum absolute atomic E-state index is 0.664. The summed E-state index contributed by atoms with van der Waals surface area (Å²) in [5.74, 6) is 1.82. The van der Waals surface area contributed by atoms with Gasteiger partial charge in [0, 0.05) is 7.05 Å². The summed E-state index contributed by atoms with van der Waals surface area (Å²) >= 11 is 0. The fraction of sp³-hybridized carbons (Fsp3) is 0.176. The Balaban J connectivity index is 1.91. The number of aromatic amines is 1. The second-order valence-electron chi connectivity index (χ2n) is 5.41. The Morgan fingerprint density at radius 2 is 1.83 bits per heavy atom. The summed E-state index contributed by atoms with van der Waals surface area (Å²) in [6.07, 6.45) is 0. The number of anilines is 2. The Kier molecular flexibility index (Phi) is 3.15. The first-order chi connectivity index (χ1) is 11.3. The second-order valence-corrected chi connectivity index (χ2v) is 5.41. The number of benzene rings is 2. The normalized spacial score (nSPS) is 11.2. The van der Waals surface area contributed by atoms with Gasteiger partial charge in [-0.3, -0.25) is 9.88 Å². The van der Waals surface area contributed by atoms with Crippen molar-refractivity contribution in [3.8, 4) is 0 Å². The van der Waals surface area contributed by atoms with E-state index in [1.807, 2.05) is 38.4 Å². The van der Waals surface area contributed by atoms with Crippen molar-refractivity contribution in [1.29, 1.82) is 0 Å². The van der Waals surface area contributed by atoms with E-state index in [9.17, 15) is 0 Å². The number of nitrogens with zero attached hydrogens (tertiary/aromatic N) is 3. The molecule has 2 aromatic heterocycles. The monoisotopic (exact) mass is 307 g/mol. The average molecular weight is 307 g/mol. The predicted molar refractivity (Wildman–Crippen MR) is 92.7 cm³/mol. The molecule has 6 heteroatoms. The van der Waals surface area contributed by atoms with E-state index in [-0.39, 0.29) is 0 Å². The van der Waals surface area contributed by atoms with E-state index < -0.39 is 0 Å². The molecule has 0 fully saturated rings. The van der Waals surface area contributed by atoms with E-state index in [0.717, 1.165) is 34.0 Å². The molecule has 0 saturated carbocycles. The lowest BCUT2D eigenvalue weighted by Crippen LogP contribution is -2.39. The van der Waals surface area contributed by atoms with E-state index >= 15 is 0 Å². The summed E-state index contributed by atoms with van der Waals surface area (Å²) in [6.45, 7) is 0.664. The number of hydrogen-bond donors (Lipinski definition) is 3. The summed E-state index contributed by atoms with van der Waals surface area (Å²) in [7, 11) is 3.82. The van der Waals surface area contributed by atoms with E-state index in [4.69, 9.17) is 0 Å². The van der Waals surface area contributed by atoms with Gasteiger partial charge in [0.05, 0.1) is 18.1 Å². The second kappa shape index (κ2) is 5.31. The number of hydrogen-bond acceptors (Lipinski definition) is 3. The highest BCUT2D eigenvalue weighted by molar-refractivity contribution is 5.78. The van der Waals surface area contributed by atoms with Crippen molar-refractivity contribution in [2.75, 3.05) is 24.7 Å². The van der Waals surface area contributed by atoms with Crippen LogP contribution in [-0.4, -0.2) is 28.6 Å². The molecule has 2 aromatic carbocycles. The highest BCUT2D eigenvalue weighted by Gasteiger charge is 2.18. The van der Waals surface area contributed by atoms with Crippen LogP contribution in [0.2, 0.25) is 0 Å². The molecule has 6 nitrogen and oxygen atoms in total. The topological polar surface area (TPSA) is 61.6 Å². The van der Waals surface area contributed by atoms with Crippen molar-refractivity contribution < 1.29 is 4.57 Å². The van der Waals surface area contributed by atoms with Crippen LogP contribution in [0.5, 0.6) is 0 Å². The van der Waals surface area contributed by atoms with Crippen LogP contribution >= 0.6 is 0 Å². The summed E-state index contributed by atoms with van der Waals surface area (Å²) in [4.78, 5) is 8.06. The Hall–Kier alpha value is -3.02. The van der Waals surface area contributed by atoms with Gasteiger partial charge in [-0.2, -0.15) is 0 Å². The number of para-hydroxylation sites is 4. The quantitative estimate of drug-likeness (QED) is 0.507. The van der Waals surface area contributed by atoms with Gasteiger partial charge in [-0.05, 0) is 24.3 Å². The number of fused-ring (bicyclic) bond motifs is 2. The van der Waals surface area contributed by atoms with Gasteiger partial charge in [-0.1, -0.05) is 24.3 Å². The van der Waals surface area contributed by atoms with Gasteiger partial charge in [0.2, 0.25) is 5.95 Å². The van der Waals surface area contributed by atoms with Crippen LogP contribution in [0.15, 0.2) is 48.5 Å². The lowest BCUT2D eigenvalue weighted by Gasteiger charge is -2.08. The first-order valence-electron chi connectivity index (χ1n) is 7.63. The minimum Gasteiger partial charge on any atom is -0.359 e. The molecule has 0 radical (unpaired) electrons. The molecule has 4 aromatic rings. The molecule has 0 unspecified atom stereocenters. The maximum absolute atomic E-state index is 4.66. The Morgan fingerprint density at radius 1 is 1.04 bits per heavy atom. The molecule has 4 rings (SSSR count). The smallest absolute Gasteiger partial charge is 0.357 e. The minimum atomic E-state index is 0.664. The van der Waals surface area contributed by atoms with Crippen LogP contribution in [0.25, 0.3) is 22.1 Å². The molecule has 0 saturated heterocycles. The lowest BCUT2D eigenvalue weighted by atomic mass is 10.3. The third-order valence-corrected chi connectivity index (χ3v) is 4.12. The number of rotatable bonds is 4. The SMILES string of the molecule is CNc1nc2ccccc2n1C[n+]1c(NC)[nH]c2ccccc21. The number of imidazole rings is 2. The highest BCUT2D eigenvalue weighted by Crippen LogP contribution is 2.19. The van der Waals surface area contributed by atoms with E-state index in [1.165, 1.54) is 0 Å². The van der Waals surface area contributed by atoms with Crippen molar-refractivity contribution in [2.45, 2.75) is 6.67 Å². The summed E-state index contributed by atoms with van der Waals surface area (Å²) in [5, 5.41) is 6.43. The zero-order valence-electron chi connectivity index (χ0n) is 13.2. The molecule has 2 heterocycles. The van der Waals surface area contributed by atoms with Crippen molar-refractivity contribution in [3.05, 3.63) is 48.5 Å². The first-order valence-corrected chi connectivity index (χ1v) is 7.63. The lowest BCUT2D eigenvalue weighted by molar-refractivity contribution is -0.661. The van der Waals surface area contributed by atoms with E-state index in [2.05, 4.69) is 54.0 Å². The summed E-state index contributed by atoms with van der Waals surface area (Å²) < 4.78 is 4.39. The maximum Gasteiger partial charge on any atom is 0.357 e. The van der Waals surface area contributed by atoms with Crippen LogP contribution < -0.4 is 15.2 Å². The van der Waals surface area contributed by atoms with Gasteiger partial charge < -0.3 is 5.32 Å². The third kappa shape index (κ3) is 2.11. The highest BCUT2D eigenvalue weighted by atomic mass is 15.3. The van der Waals surface area contributed by atoms with Crippen molar-refractivity contribution in [2.24, 2.45) is 0 Å². The molecule has 0 spiro atoms. The van der Waals surface area contributed by atoms with Crippen molar-refractivity contribution in [1.82, 2.24) is 14.5 Å². The van der Waals surface area contributed by atoms with Crippen LogP contribution in [0.3, 0.4) is 0 Å². The Bertz CT molecular complexity index is 901. The fourth-order valence-electron chi connectivity index (χ4n) is 3.03. The van der Waals surface area contributed by atoms with Crippen molar-refractivity contribution >= 4 is 34.0 Å². The van der Waals surface area contributed by atoms with Gasteiger partial charge in [0.1, 0.15) is 11.0 Å². The van der Waals surface area contributed by atoms with Crippen LogP contribution in [-0.2, 0) is 6.67 Å². The Morgan fingerprint density at radius 3 is 2.65 bits per heavy atom. The number of nitrogens with one attached hydrogen (secondary N) is 3. The van der Waals surface area contributed by atoms with Crippen LogP contribution in [0, 0.1) is 0 Å². The molecule has 0 aliphatic heterocycles. The third-order valence-electron chi connectivity index (χ3n) is 4.12. The average Bonchev–Trinajstić information content (AvgIpc) is 3.14. The predicted octanol–water partition coefficient (Wildman–Crippen LogP) is 2.39. The fourth-order valence-corrected chi connectivity index (χ4v) is 3.03. The van der Waals surface area contributed by atoms with Gasteiger partial charge in [-0.25, -0.2) is 14.5 Å². The summed E-state index contributed by atoms with van der Waals surface area (Å²) in [6, 6.07) is 16.5. The largest absolute Gasteiger partial charge is 0.359 e. The molecule has 0 amide bonds. The van der Waals surface area contributed by atoms with Gasteiger partial charge in [0.25, 0.3) is 0 Å². The summed E-state index contributed by atoms with van der Waals surface area (Å²) in [5.41, 5.74) is 4.35. The molecule has 0 atom stereocenters. The molecule has 116 valence electrons. The number of aromatic nitrogens is 4. The van der Waals surface area contributed by atoms with Gasteiger partial charge >= 0.3 is 5.95 Å². The molecule has 0 aliphatic carbocycles. The van der Waals surface area contributed by atoms with Crippen molar-refractivity contribution in [3.63, 3.8) is 0 Å². The Labute approximate surface area is 133 Å². The first kappa shape index (κ1) is 13.6. The van der Waals surface area contributed by atoms with E-state index in [1.54, 1.807) is 0 Å². The molecular weight excluding hydrogens is 288 g/mol. The molecule has 0 bridgehead atoms. The van der Waals surface area contributed by atoms with Gasteiger partial charge in [0.15, 0.2) is 6.67 Å². The zero-order chi connectivity index (χ0) is 15.8. The molecule has 3 N–H and O–H groups in total. The standard InChI is InChI=1S/C17H18N6/c1-18-16-20-12-7-3-5-9-14(12)22(16)11-23-15-10-6-4-8-13(15)21-17(23)19-2/h3-10H,11H2,1-2H3,(H2,18,19,20,21)/p+1.